The van der Waals surface area contributed by atoms with Crippen molar-refractivity contribution in [2.75, 3.05) is 18.5 Å². The molecule has 3 aromatic rings. The summed E-state index contributed by atoms with van der Waals surface area (Å²) in [5, 5.41) is 7.26. The maximum absolute atomic E-state index is 13.5. The quantitative estimate of drug-likeness (QED) is 0.606. The van der Waals surface area contributed by atoms with Crippen molar-refractivity contribution >= 4 is 28.8 Å². The third-order valence-corrected chi connectivity index (χ3v) is 4.52. The van der Waals surface area contributed by atoms with E-state index >= 15 is 0 Å². The first kappa shape index (κ1) is 18.6. The number of carbonyl (C=O) groups excluding carboxylic acids is 2. The van der Waals surface area contributed by atoms with Gasteiger partial charge in [0.1, 0.15) is 6.61 Å². The Hall–Kier alpha value is -3.19. The summed E-state index contributed by atoms with van der Waals surface area (Å²) in [4.78, 5) is 25.2. The van der Waals surface area contributed by atoms with E-state index in [4.69, 9.17) is 4.74 Å². The molecule has 3 rings (SSSR count). The van der Waals surface area contributed by atoms with Gasteiger partial charge in [-0.15, -0.1) is 11.3 Å². The van der Waals surface area contributed by atoms with Gasteiger partial charge in [-0.3, -0.25) is 9.59 Å². The number of hydrogen-bond donors (Lipinski definition) is 2. The Morgan fingerprint density at radius 1 is 0.963 bits per heavy atom. The molecule has 0 aliphatic carbocycles. The second-order valence-electron chi connectivity index (χ2n) is 5.51. The Kier molecular flexibility index (Phi) is 6.17. The van der Waals surface area contributed by atoms with E-state index in [2.05, 4.69) is 10.6 Å². The molecule has 138 valence electrons. The third-order valence-electron chi connectivity index (χ3n) is 3.65. The van der Waals surface area contributed by atoms with Crippen LogP contribution < -0.4 is 15.4 Å². The highest BCUT2D eigenvalue weighted by atomic mass is 32.1. The predicted octanol–water partition coefficient (Wildman–Crippen LogP) is 3.95. The van der Waals surface area contributed by atoms with Gasteiger partial charge in [-0.05, 0) is 35.7 Å². The molecule has 1 heterocycles. The summed E-state index contributed by atoms with van der Waals surface area (Å²) in [6.07, 6.45) is 0. The van der Waals surface area contributed by atoms with Gasteiger partial charge in [0, 0.05) is 0 Å². The minimum Gasteiger partial charge on any atom is -0.489 e. The Bertz CT molecular complexity index is 928. The largest absolute Gasteiger partial charge is 0.489 e. The topological polar surface area (TPSA) is 67.4 Å². The van der Waals surface area contributed by atoms with Gasteiger partial charge >= 0.3 is 0 Å². The van der Waals surface area contributed by atoms with E-state index in [-0.39, 0.29) is 30.7 Å². The van der Waals surface area contributed by atoms with E-state index in [1.165, 1.54) is 23.5 Å². The van der Waals surface area contributed by atoms with Crippen LogP contribution in [0.4, 0.5) is 10.1 Å². The first-order valence-corrected chi connectivity index (χ1v) is 9.12. The number of ether oxygens (including phenoxy) is 1. The molecular formula is C20H17FN2O3S. The lowest BCUT2D eigenvalue weighted by molar-refractivity contribution is 0.0947. The number of para-hydroxylation sites is 2. The fourth-order valence-corrected chi connectivity index (χ4v) is 2.98. The van der Waals surface area contributed by atoms with Gasteiger partial charge in [-0.25, -0.2) is 4.39 Å². The number of benzene rings is 2. The van der Waals surface area contributed by atoms with Crippen LogP contribution in [0.2, 0.25) is 0 Å². The fraction of sp³-hybridized carbons (Fsp3) is 0.100. The van der Waals surface area contributed by atoms with E-state index < -0.39 is 5.82 Å². The van der Waals surface area contributed by atoms with Crippen LogP contribution in [0.3, 0.4) is 0 Å². The van der Waals surface area contributed by atoms with E-state index in [9.17, 15) is 14.0 Å². The number of thiophene rings is 1. The molecule has 0 saturated carbocycles. The van der Waals surface area contributed by atoms with Gasteiger partial charge in [0.25, 0.3) is 11.8 Å². The van der Waals surface area contributed by atoms with Gasteiger partial charge in [-0.1, -0.05) is 30.3 Å². The molecule has 0 spiro atoms. The normalized spacial score (nSPS) is 10.3. The highest BCUT2D eigenvalue weighted by molar-refractivity contribution is 7.12. The minimum atomic E-state index is -0.453. The standard InChI is InChI=1S/C20H17FN2O3S/c21-15-7-2-4-9-17(15)26-12-11-22-19(24)14-6-1-3-8-16(14)23-20(25)18-10-5-13-27-18/h1-10,13H,11-12H2,(H,22,24)(H,23,25). The Balaban J connectivity index is 1.57. The number of amides is 2. The maximum Gasteiger partial charge on any atom is 0.265 e. The lowest BCUT2D eigenvalue weighted by Crippen LogP contribution is -2.29. The molecule has 7 heteroatoms. The van der Waals surface area contributed by atoms with E-state index in [0.717, 1.165) is 0 Å². The smallest absolute Gasteiger partial charge is 0.265 e. The van der Waals surface area contributed by atoms with Crippen molar-refractivity contribution < 1.29 is 18.7 Å². The van der Waals surface area contributed by atoms with Crippen LogP contribution in [0.15, 0.2) is 66.0 Å². The summed E-state index contributed by atoms with van der Waals surface area (Å²) in [5.74, 6) is -0.942. The van der Waals surface area contributed by atoms with Crippen molar-refractivity contribution in [1.82, 2.24) is 5.32 Å². The Morgan fingerprint density at radius 3 is 2.52 bits per heavy atom. The summed E-state index contributed by atoms with van der Waals surface area (Å²) in [5.41, 5.74) is 0.761. The maximum atomic E-state index is 13.5. The van der Waals surface area contributed by atoms with Crippen molar-refractivity contribution in [2.24, 2.45) is 0 Å². The molecule has 2 amide bonds. The number of nitrogens with one attached hydrogen (secondary N) is 2. The summed E-state index contributed by atoms with van der Waals surface area (Å²) in [7, 11) is 0. The van der Waals surface area contributed by atoms with Gasteiger partial charge in [-0.2, -0.15) is 0 Å². The Labute approximate surface area is 159 Å². The first-order valence-electron chi connectivity index (χ1n) is 8.24. The summed E-state index contributed by atoms with van der Waals surface area (Å²) in [6.45, 7) is 0.316. The number of carbonyl (C=O) groups is 2. The van der Waals surface area contributed by atoms with Crippen molar-refractivity contribution in [3.63, 3.8) is 0 Å². The van der Waals surface area contributed by atoms with Gasteiger partial charge in [0.2, 0.25) is 0 Å². The van der Waals surface area contributed by atoms with Crippen molar-refractivity contribution in [3.05, 3.63) is 82.3 Å². The van der Waals surface area contributed by atoms with Crippen LogP contribution in [-0.2, 0) is 0 Å². The molecule has 0 aliphatic heterocycles. The second kappa shape index (κ2) is 8.95. The van der Waals surface area contributed by atoms with Crippen LogP contribution in [0, 0.1) is 5.82 Å². The van der Waals surface area contributed by atoms with Gasteiger partial charge in [0.05, 0.1) is 22.7 Å². The average molecular weight is 384 g/mol. The van der Waals surface area contributed by atoms with Gasteiger partial charge in [0.15, 0.2) is 11.6 Å². The molecule has 0 unspecified atom stereocenters. The van der Waals surface area contributed by atoms with E-state index in [1.807, 2.05) is 5.38 Å². The molecule has 2 aromatic carbocycles. The zero-order valence-electron chi connectivity index (χ0n) is 14.3. The van der Waals surface area contributed by atoms with Crippen molar-refractivity contribution in [2.45, 2.75) is 0 Å². The first-order chi connectivity index (χ1) is 13.1. The van der Waals surface area contributed by atoms with Crippen LogP contribution in [0.1, 0.15) is 20.0 Å². The average Bonchev–Trinajstić information content (AvgIpc) is 3.22. The highest BCUT2D eigenvalue weighted by Crippen LogP contribution is 2.18. The molecule has 27 heavy (non-hydrogen) atoms. The number of anilines is 1. The van der Waals surface area contributed by atoms with E-state index in [0.29, 0.717) is 16.1 Å². The molecule has 1 aromatic heterocycles. The van der Waals surface area contributed by atoms with Crippen molar-refractivity contribution in [3.8, 4) is 5.75 Å². The monoisotopic (exact) mass is 384 g/mol. The van der Waals surface area contributed by atoms with Crippen LogP contribution in [0.25, 0.3) is 0 Å². The zero-order valence-corrected chi connectivity index (χ0v) is 15.1. The summed E-state index contributed by atoms with van der Waals surface area (Å²) in [6, 6.07) is 16.3. The van der Waals surface area contributed by atoms with E-state index in [1.54, 1.807) is 48.5 Å². The summed E-state index contributed by atoms with van der Waals surface area (Å²) >= 11 is 1.32. The molecule has 2 N–H and O–H groups in total. The molecule has 0 saturated heterocycles. The highest BCUT2D eigenvalue weighted by Gasteiger charge is 2.14. The Morgan fingerprint density at radius 2 is 1.74 bits per heavy atom. The van der Waals surface area contributed by atoms with Crippen LogP contribution in [0.5, 0.6) is 5.75 Å². The van der Waals surface area contributed by atoms with Crippen LogP contribution >= 0.6 is 11.3 Å². The number of rotatable bonds is 7. The second-order valence-corrected chi connectivity index (χ2v) is 6.46. The minimum absolute atomic E-state index is 0.121. The molecule has 0 radical (unpaired) electrons. The van der Waals surface area contributed by atoms with Crippen molar-refractivity contribution in [1.29, 1.82) is 0 Å². The molecule has 5 nitrogen and oxygen atoms in total. The number of hydrogen-bond acceptors (Lipinski definition) is 4. The zero-order chi connectivity index (χ0) is 19.1. The van der Waals surface area contributed by atoms with Gasteiger partial charge < -0.3 is 15.4 Å². The molecule has 0 atom stereocenters. The third kappa shape index (κ3) is 4.92. The lowest BCUT2D eigenvalue weighted by atomic mass is 10.1. The molecular weight excluding hydrogens is 367 g/mol. The van der Waals surface area contributed by atoms with Crippen LogP contribution in [-0.4, -0.2) is 25.0 Å². The molecule has 0 bridgehead atoms. The fourth-order valence-electron chi connectivity index (χ4n) is 2.36. The number of halogens is 1. The molecule has 0 fully saturated rings. The SMILES string of the molecule is O=C(Nc1ccccc1C(=O)NCCOc1ccccc1F)c1cccs1. The summed E-state index contributed by atoms with van der Waals surface area (Å²) < 4.78 is 18.8. The predicted molar refractivity (Wildman–Crippen MR) is 103 cm³/mol. The lowest BCUT2D eigenvalue weighted by Gasteiger charge is -2.12. The molecule has 0 aliphatic rings.